The predicted octanol–water partition coefficient (Wildman–Crippen LogP) is 3.69. The first-order valence-corrected chi connectivity index (χ1v) is 8.94. The molecule has 2 aromatic rings. The van der Waals surface area contributed by atoms with Crippen molar-refractivity contribution in [3.05, 3.63) is 51.5 Å². The van der Waals surface area contributed by atoms with E-state index in [4.69, 9.17) is 23.7 Å². The molecule has 1 aliphatic heterocycles. The van der Waals surface area contributed by atoms with Gasteiger partial charge in [-0.2, -0.15) is 0 Å². The van der Waals surface area contributed by atoms with Gasteiger partial charge in [-0.05, 0) is 30.3 Å². The number of carbonyl (C=O) groups excluding carboxylic acids is 2. The number of esters is 2. The van der Waals surface area contributed by atoms with Crippen LogP contribution in [0.5, 0.6) is 17.2 Å². The van der Waals surface area contributed by atoms with Crippen LogP contribution in [0, 0.1) is 0 Å². The van der Waals surface area contributed by atoms with Gasteiger partial charge in [0.1, 0.15) is 5.75 Å². The molecule has 0 N–H and O–H groups in total. The lowest BCUT2D eigenvalue weighted by Crippen LogP contribution is -2.11. The molecule has 0 atom stereocenters. The molecule has 0 aliphatic carbocycles. The van der Waals surface area contributed by atoms with Gasteiger partial charge in [-0.25, -0.2) is 9.59 Å². The van der Waals surface area contributed by atoms with Gasteiger partial charge in [0.15, 0.2) is 11.5 Å². The van der Waals surface area contributed by atoms with Crippen LogP contribution in [0.3, 0.4) is 0 Å². The maximum Gasteiger partial charge on any atom is 0.338 e. The van der Waals surface area contributed by atoms with Crippen LogP contribution in [0.15, 0.2) is 34.8 Å². The van der Waals surface area contributed by atoms with Crippen molar-refractivity contribution in [2.75, 3.05) is 28.1 Å². The standard InChI is InChI=1S/C20H17BrO7/c1-24-16-6-4-5-15(21)14(16)7-12(19(22)25-2)11-8-17-18(28-10-27-17)9-13(11)20(23)26-3/h4-9H,10H2,1-3H3/b12-7-. The molecule has 1 heterocycles. The third-order valence-electron chi connectivity index (χ3n) is 4.14. The minimum atomic E-state index is -0.637. The van der Waals surface area contributed by atoms with Crippen molar-refractivity contribution < 1.29 is 33.3 Å². The van der Waals surface area contributed by atoms with Crippen molar-refractivity contribution in [2.45, 2.75) is 0 Å². The Morgan fingerprint density at radius 2 is 1.71 bits per heavy atom. The van der Waals surface area contributed by atoms with Gasteiger partial charge in [-0.1, -0.05) is 22.0 Å². The summed E-state index contributed by atoms with van der Waals surface area (Å²) in [6.45, 7) is 0.0225. The smallest absolute Gasteiger partial charge is 0.338 e. The highest BCUT2D eigenvalue weighted by molar-refractivity contribution is 9.10. The first kappa shape index (κ1) is 19.8. The predicted molar refractivity (Wildman–Crippen MR) is 104 cm³/mol. The second kappa shape index (κ2) is 8.35. The molecule has 0 bridgehead atoms. The Balaban J connectivity index is 2.27. The second-order valence-electron chi connectivity index (χ2n) is 5.65. The summed E-state index contributed by atoms with van der Waals surface area (Å²) in [5.41, 5.74) is 1.18. The Kier molecular flexibility index (Phi) is 5.89. The molecule has 0 aromatic heterocycles. The van der Waals surface area contributed by atoms with Crippen molar-refractivity contribution >= 4 is 39.5 Å². The van der Waals surface area contributed by atoms with Crippen LogP contribution in [0.25, 0.3) is 11.6 Å². The van der Waals surface area contributed by atoms with Gasteiger partial charge in [0, 0.05) is 15.6 Å². The number of ether oxygens (including phenoxy) is 5. The summed E-state index contributed by atoms with van der Waals surface area (Å²) in [5.74, 6) is 0.0866. The number of benzene rings is 2. The SMILES string of the molecule is COC(=O)/C(=C\c1c(Br)cccc1OC)c1cc2c(cc1C(=O)OC)OCO2. The van der Waals surface area contributed by atoms with Crippen molar-refractivity contribution in [1.29, 1.82) is 0 Å². The molecule has 0 radical (unpaired) electrons. The highest BCUT2D eigenvalue weighted by Crippen LogP contribution is 2.39. The van der Waals surface area contributed by atoms with Gasteiger partial charge in [0.25, 0.3) is 0 Å². The lowest BCUT2D eigenvalue weighted by molar-refractivity contribution is -0.133. The van der Waals surface area contributed by atoms with E-state index in [1.165, 1.54) is 27.4 Å². The van der Waals surface area contributed by atoms with E-state index in [2.05, 4.69) is 15.9 Å². The fourth-order valence-electron chi connectivity index (χ4n) is 2.78. The van der Waals surface area contributed by atoms with Crippen LogP contribution in [0.2, 0.25) is 0 Å². The van der Waals surface area contributed by atoms with Gasteiger partial charge in [0.2, 0.25) is 6.79 Å². The molecule has 3 rings (SSSR count). The number of carbonyl (C=O) groups is 2. The minimum Gasteiger partial charge on any atom is -0.496 e. The highest BCUT2D eigenvalue weighted by Gasteiger charge is 2.27. The van der Waals surface area contributed by atoms with Crippen LogP contribution in [0.1, 0.15) is 21.5 Å². The molecule has 0 unspecified atom stereocenters. The Morgan fingerprint density at radius 1 is 1.04 bits per heavy atom. The van der Waals surface area contributed by atoms with Crippen molar-refractivity contribution in [2.24, 2.45) is 0 Å². The normalized spacial score (nSPS) is 12.5. The van der Waals surface area contributed by atoms with Crippen LogP contribution in [-0.4, -0.2) is 40.1 Å². The largest absolute Gasteiger partial charge is 0.496 e. The summed E-state index contributed by atoms with van der Waals surface area (Å²) in [6, 6.07) is 8.41. The molecule has 0 amide bonds. The summed E-state index contributed by atoms with van der Waals surface area (Å²) in [5, 5.41) is 0. The molecular formula is C20H17BrO7. The summed E-state index contributed by atoms with van der Waals surface area (Å²) < 4.78 is 26.7. The summed E-state index contributed by atoms with van der Waals surface area (Å²) >= 11 is 3.46. The van der Waals surface area contributed by atoms with Crippen molar-refractivity contribution in [3.63, 3.8) is 0 Å². The monoisotopic (exact) mass is 448 g/mol. The first-order valence-electron chi connectivity index (χ1n) is 8.15. The molecule has 146 valence electrons. The average molecular weight is 449 g/mol. The van der Waals surface area contributed by atoms with E-state index in [-0.39, 0.29) is 17.9 Å². The van der Waals surface area contributed by atoms with E-state index in [1.807, 2.05) is 6.07 Å². The Morgan fingerprint density at radius 3 is 2.32 bits per heavy atom. The topological polar surface area (TPSA) is 80.3 Å². The third-order valence-corrected chi connectivity index (χ3v) is 4.83. The van der Waals surface area contributed by atoms with Crippen LogP contribution in [0.4, 0.5) is 0 Å². The molecule has 0 saturated carbocycles. The van der Waals surface area contributed by atoms with Crippen LogP contribution >= 0.6 is 15.9 Å². The Bertz CT molecular complexity index is 965. The average Bonchev–Trinajstić information content (AvgIpc) is 3.18. The number of rotatable bonds is 5. The Hall–Kier alpha value is -3.00. The lowest BCUT2D eigenvalue weighted by atomic mass is 9.96. The molecule has 7 nitrogen and oxygen atoms in total. The molecule has 0 saturated heterocycles. The zero-order chi connectivity index (χ0) is 20.3. The minimum absolute atomic E-state index is 0.0225. The molecule has 8 heteroatoms. The van der Waals surface area contributed by atoms with Gasteiger partial charge < -0.3 is 23.7 Å². The maximum absolute atomic E-state index is 12.6. The zero-order valence-electron chi connectivity index (χ0n) is 15.4. The first-order chi connectivity index (χ1) is 13.5. The molecule has 2 aromatic carbocycles. The molecule has 1 aliphatic rings. The highest BCUT2D eigenvalue weighted by atomic mass is 79.9. The lowest BCUT2D eigenvalue weighted by Gasteiger charge is -2.13. The van der Waals surface area contributed by atoms with Gasteiger partial charge in [-0.15, -0.1) is 0 Å². The summed E-state index contributed by atoms with van der Waals surface area (Å²) in [4.78, 5) is 25.0. The van der Waals surface area contributed by atoms with Crippen LogP contribution in [-0.2, 0) is 14.3 Å². The van der Waals surface area contributed by atoms with E-state index in [9.17, 15) is 9.59 Å². The number of methoxy groups -OCH3 is 3. The van der Waals surface area contributed by atoms with Crippen molar-refractivity contribution in [1.82, 2.24) is 0 Å². The second-order valence-corrected chi connectivity index (χ2v) is 6.50. The van der Waals surface area contributed by atoms with Gasteiger partial charge >= 0.3 is 11.9 Å². The molecular weight excluding hydrogens is 432 g/mol. The Labute approximate surface area is 169 Å². The fourth-order valence-corrected chi connectivity index (χ4v) is 3.24. The third kappa shape index (κ3) is 3.68. The van der Waals surface area contributed by atoms with E-state index in [0.29, 0.717) is 32.8 Å². The molecule has 28 heavy (non-hydrogen) atoms. The maximum atomic E-state index is 12.6. The summed E-state index contributed by atoms with van der Waals surface area (Å²) in [6.07, 6.45) is 1.58. The van der Waals surface area contributed by atoms with E-state index in [0.717, 1.165) is 0 Å². The number of fused-ring (bicyclic) bond motifs is 1. The van der Waals surface area contributed by atoms with Crippen molar-refractivity contribution in [3.8, 4) is 17.2 Å². The molecule has 0 fully saturated rings. The fraction of sp³-hybridized carbons (Fsp3) is 0.200. The summed E-state index contributed by atoms with van der Waals surface area (Å²) in [7, 11) is 4.05. The van der Waals surface area contributed by atoms with Gasteiger partial charge in [-0.3, -0.25) is 0 Å². The van der Waals surface area contributed by atoms with Gasteiger partial charge in [0.05, 0.1) is 32.5 Å². The number of halogens is 1. The number of hydrogen-bond donors (Lipinski definition) is 0. The molecule has 0 spiro atoms. The van der Waals surface area contributed by atoms with E-state index < -0.39 is 11.9 Å². The van der Waals surface area contributed by atoms with E-state index >= 15 is 0 Å². The zero-order valence-corrected chi connectivity index (χ0v) is 17.0. The van der Waals surface area contributed by atoms with Crippen LogP contribution < -0.4 is 14.2 Å². The van der Waals surface area contributed by atoms with E-state index in [1.54, 1.807) is 24.3 Å². The number of hydrogen-bond acceptors (Lipinski definition) is 7. The quantitative estimate of drug-likeness (QED) is 0.391.